The Labute approximate surface area is 154 Å². The first kappa shape index (κ1) is 17.7. The van der Waals surface area contributed by atoms with Gasteiger partial charge in [-0.1, -0.05) is 54.1 Å². The summed E-state index contributed by atoms with van der Waals surface area (Å²) in [7, 11) is 0. The van der Waals surface area contributed by atoms with Crippen LogP contribution in [-0.2, 0) is 13.2 Å². The molecule has 0 unspecified atom stereocenters. The highest BCUT2D eigenvalue weighted by molar-refractivity contribution is 5.94. The van der Waals surface area contributed by atoms with Gasteiger partial charge in [0.15, 0.2) is 5.78 Å². The maximum absolute atomic E-state index is 11.4. The number of benzene rings is 3. The van der Waals surface area contributed by atoms with Crippen LogP contribution in [0.3, 0.4) is 0 Å². The summed E-state index contributed by atoms with van der Waals surface area (Å²) in [6.07, 6.45) is 0. The zero-order chi connectivity index (χ0) is 18.4. The van der Waals surface area contributed by atoms with E-state index in [1.807, 2.05) is 36.4 Å². The standard InChI is InChI=1S/C23H22O3/c1-17-6-8-19(9-7-17)15-25-22-12-10-20(11-13-22)16-26-23-5-3-4-21(14-23)18(2)24/h3-14H,15-16H2,1-2H3. The van der Waals surface area contributed by atoms with E-state index >= 15 is 0 Å². The molecule has 3 aromatic rings. The number of hydrogen-bond donors (Lipinski definition) is 0. The number of carbonyl (C=O) groups is 1. The lowest BCUT2D eigenvalue weighted by Gasteiger charge is -2.09. The van der Waals surface area contributed by atoms with Gasteiger partial charge < -0.3 is 9.47 Å². The molecule has 0 heterocycles. The predicted molar refractivity (Wildman–Crippen MR) is 103 cm³/mol. The van der Waals surface area contributed by atoms with Crippen molar-refractivity contribution in [2.75, 3.05) is 0 Å². The van der Waals surface area contributed by atoms with Crippen LogP contribution in [0.25, 0.3) is 0 Å². The minimum Gasteiger partial charge on any atom is -0.489 e. The molecule has 0 aliphatic carbocycles. The van der Waals surface area contributed by atoms with Crippen molar-refractivity contribution in [2.24, 2.45) is 0 Å². The predicted octanol–water partition coefficient (Wildman–Crippen LogP) is 5.36. The largest absolute Gasteiger partial charge is 0.489 e. The van der Waals surface area contributed by atoms with E-state index in [1.54, 1.807) is 19.1 Å². The maximum atomic E-state index is 11.4. The van der Waals surface area contributed by atoms with E-state index < -0.39 is 0 Å². The first-order chi connectivity index (χ1) is 12.6. The van der Waals surface area contributed by atoms with Crippen molar-refractivity contribution in [3.05, 3.63) is 95.1 Å². The summed E-state index contributed by atoms with van der Waals surface area (Å²) in [5, 5.41) is 0. The Kier molecular flexibility index (Phi) is 5.69. The van der Waals surface area contributed by atoms with Crippen molar-refractivity contribution in [1.82, 2.24) is 0 Å². The van der Waals surface area contributed by atoms with Gasteiger partial charge in [0, 0.05) is 5.56 Å². The van der Waals surface area contributed by atoms with Gasteiger partial charge in [0.05, 0.1) is 0 Å². The molecule has 0 saturated heterocycles. The smallest absolute Gasteiger partial charge is 0.159 e. The Balaban J connectivity index is 1.53. The fourth-order valence-electron chi connectivity index (χ4n) is 2.50. The van der Waals surface area contributed by atoms with Gasteiger partial charge in [-0.2, -0.15) is 0 Å². The Morgan fingerprint density at radius 3 is 1.96 bits per heavy atom. The molecule has 3 heteroatoms. The highest BCUT2D eigenvalue weighted by atomic mass is 16.5. The summed E-state index contributed by atoms with van der Waals surface area (Å²) in [6.45, 7) is 4.61. The lowest BCUT2D eigenvalue weighted by Crippen LogP contribution is -1.98. The average Bonchev–Trinajstić information content (AvgIpc) is 2.67. The summed E-state index contributed by atoms with van der Waals surface area (Å²) >= 11 is 0. The molecular weight excluding hydrogens is 324 g/mol. The highest BCUT2D eigenvalue weighted by Gasteiger charge is 2.02. The van der Waals surface area contributed by atoms with Gasteiger partial charge in [0.2, 0.25) is 0 Å². The Morgan fingerprint density at radius 2 is 1.35 bits per heavy atom. The van der Waals surface area contributed by atoms with Crippen LogP contribution >= 0.6 is 0 Å². The fourth-order valence-corrected chi connectivity index (χ4v) is 2.50. The van der Waals surface area contributed by atoms with Crippen molar-refractivity contribution < 1.29 is 14.3 Å². The molecule has 0 bridgehead atoms. The topological polar surface area (TPSA) is 35.5 Å². The summed E-state index contributed by atoms with van der Waals surface area (Å²) in [5.74, 6) is 1.55. The van der Waals surface area contributed by atoms with E-state index in [9.17, 15) is 4.79 Å². The van der Waals surface area contributed by atoms with Gasteiger partial charge in [-0.3, -0.25) is 4.79 Å². The quantitative estimate of drug-likeness (QED) is 0.541. The molecule has 3 nitrogen and oxygen atoms in total. The maximum Gasteiger partial charge on any atom is 0.159 e. The molecule has 0 atom stereocenters. The van der Waals surface area contributed by atoms with E-state index in [-0.39, 0.29) is 5.78 Å². The lowest BCUT2D eigenvalue weighted by atomic mass is 10.1. The van der Waals surface area contributed by atoms with Crippen LogP contribution in [0.2, 0.25) is 0 Å². The monoisotopic (exact) mass is 346 g/mol. The molecule has 0 fully saturated rings. The first-order valence-electron chi connectivity index (χ1n) is 8.61. The molecule has 0 radical (unpaired) electrons. The number of hydrogen-bond acceptors (Lipinski definition) is 3. The zero-order valence-corrected chi connectivity index (χ0v) is 15.1. The fraction of sp³-hybridized carbons (Fsp3) is 0.174. The van der Waals surface area contributed by atoms with E-state index in [0.717, 1.165) is 16.9 Å². The molecule has 0 aromatic heterocycles. The van der Waals surface area contributed by atoms with Crippen molar-refractivity contribution in [2.45, 2.75) is 27.1 Å². The summed E-state index contributed by atoms with van der Waals surface area (Å²) in [6, 6.07) is 23.4. The van der Waals surface area contributed by atoms with Gasteiger partial charge in [-0.15, -0.1) is 0 Å². The minimum atomic E-state index is 0.0329. The van der Waals surface area contributed by atoms with Crippen LogP contribution < -0.4 is 9.47 Å². The SMILES string of the molecule is CC(=O)c1cccc(OCc2ccc(OCc3ccc(C)cc3)cc2)c1. The van der Waals surface area contributed by atoms with E-state index in [1.165, 1.54) is 5.56 Å². The molecule has 0 spiro atoms. The van der Waals surface area contributed by atoms with Crippen LogP contribution in [-0.4, -0.2) is 5.78 Å². The Morgan fingerprint density at radius 1 is 0.769 bits per heavy atom. The molecule has 0 aliphatic heterocycles. The van der Waals surface area contributed by atoms with Crippen molar-refractivity contribution in [1.29, 1.82) is 0 Å². The van der Waals surface area contributed by atoms with Crippen molar-refractivity contribution in [3.8, 4) is 11.5 Å². The highest BCUT2D eigenvalue weighted by Crippen LogP contribution is 2.18. The summed E-state index contributed by atoms with van der Waals surface area (Å²) in [4.78, 5) is 11.4. The normalized spacial score (nSPS) is 10.4. The number of ether oxygens (including phenoxy) is 2. The molecule has 132 valence electrons. The third-order valence-corrected chi connectivity index (χ3v) is 4.10. The first-order valence-corrected chi connectivity index (χ1v) is 8.61. The summed E-state index contributed by atoms with van der Waals surface area (Å²) in [5.41, 5.74) is 4.09. The molecule has 3 rings (SSSR count). The third kappa shape index (κ3) is 4.96. The van der Waals surface area contributed by atoms with Crippen LogP contribution in [0, 0.1) is 6.92 Å². The van der Waals surface area contributed by atoms with E-state index in [4.69, 9.17) is 9.47 Å². The Hall–Kier alpha value is -3.07. The summed E-state index contributed by atoms with van der Waals surface area (Å²) < 4.78 is 11.6. The Bertz CT molecular complexity index is 865. The molecule has 0 aliphatic rings. The second kappa shape index (κ2) is 8.34. The van der Waals surface area contributed by atoms with Gasteiger partial charge in [0.1, 0.15) is 24.7 Å². The second-order valence-corrected chi connectivity index (χ2v) is 6.29. The van der Waals surface area contributed by atoms with Crippen LogP contribution in [0.15, 0.2) is 72.8 Å². The number of carbonyl (C=O) groups excluding carboxylic acids is 1. The number of ketones is 1. The van der Waals surface area contributed by atoms with Gasteiger partial charge in [-0.25, -0.2) is 0 Å². The van der Waals surface area contributed by atoms with Gasteiger partial charge in [0.25, 0.3) is 0 Å². The minimum absolute atomic E-state index is 0.0329. The number of aryl methyl sites for hydroxylation is 1. The van der Waals surface area contributed by atoms with Crippen LogP contribution in [0.5, 0.6) is 11.5 Å². The van der Waals surface area contributed by atoms with Crippen LogP contribution in [0.4, 0.5) is 0 Å². The van der Waals surface area contributed by atoms with E-state index in [2.05, 4.69) is 31.2 Å². The van der Waals surface area contributed by atoms with Gasteiger partial charge in [-0.05, 0) is 49.2 Å². The average molecular weight is 346 g/mol. The van der Waals surface area contributed by atoms with Crippen molar-refractivity contribution in [3.63, 3.8) is 0 Å². The second-order valence-electron chi connectivity index (χ2n) is 6.29. The van der Waals surface area contributed by atoms with Gasteiger partial charge >= 0.3 is 0 Å². The molecule has 0 saturated carbocycles. The molecule has 0 amide bonds. The number of Topliss-reactive ketones (excluding diaryl/α,β-unsaturated/α-hetero) is 1. The number of rotatable bonds is 7. The molecule has 26 heavy (non-hydrogen) atoms. The third-order valence-electron chi connectivity index (χ3n) is 4.10. The molecule has 3 aromatic carbocycles. The van der Waals surface area contributed by atoms with Crippen LogP contribution in [0.1, 0.15) is 34.0 Å². The lowest BCUT2D eigenvalue weighted by molar-refractivity contribution is 0.101. The molecular formula is C23H22O3. The van der Waals surface area contributed by atoms with E-state index in [0.29, 0.717) is 24.5 Å². The zero-order valence-electron chi connectivity index (χ0n) is 15.1. The van der Waals surface area contributed by atoms with Crippen molar-refractivity contribution >= 4 is 5.78 Å². The molecule has 0 N–H and O–H groups in total.